The van der Waals surface area contributed by atoms with Crippen LogP contribution in [0.2, 0.25) is 0 Å². The zero-order valence-electron chi connectivity index (χ0n) is 6.57. The van der Waals surface area contributed by atoms with Gasteiger partial charge in [-0.2, -0.15) is 0 Å². The van der Waals surface area contributed by atoms with Gasteiger partial charge in [0.15, 0.2) is 0 Å². The van der Waals surface area contributed by atoms with E-state index in [4.69, 9.17) is 0 Å². The Morgan fingerprint density at radius 3 is 2.83 bits per heavy atom. The van der Waals surface area contributed by atoms with Crippen molar-refractivity contribution in [2.45, 2.75) is 6.92 Å². The fourth-order valence-corrected chi connectivity index (χ4v) is 1.95. The predicted molar refractivity (Wildman–Crippen MR) is 51.2 cm³/mol. The summed E-state index contributed by atoms with van der Waals surface area (Å²) in [6.07, 6.45) is 4.02. The third-order valence-electron chi connectivity index (χ3n) is 1.88. The monoisotopic (exact) mass is 225 g/mol. The largest absolute Gasteiger partial charge is 0.207 e. The van der Waals surface area contributed by atoms with Crippen molar-refractivity contribution in [2.75, 3.05) is 0 Å². The Labute approximate surface area is 79.2 Å². The number of fused-ring (bicyclic) bond motifs is 1. The van der Waals surface area contributed by atoms with Gasteiger partial charge in [0.1, 0.15) is 5.82 Å². The molecular formula is C10H7BrF. The fraction of sp³-hybridized carbons (Fsp3) is 0.100. The van der Waals surface area contributed by atoms with Crippen LogP contribution in [0.4, 0.5) is 4.39 Å². The second kappa shape index (κ2) is 2.70. The third kappa shape index (κ3) is 1.20. The Hall–Kier alpha value is -0.630. The highest BCUT2D eigenvalue weighted by atomic mass is 79.9. The van der Waals surface area contributed by atoms with Gasteiger partial charge in [-0.3, -0.25) is 0 Å². The van der Waals surface area contributed by atoms with Gasteiger partial charge >= 0.3 is 0 Å². The number of hydrogen-bond acceptors (Lipinski definition) is 0. The average Bonchev–Trinajstić information content (AvgIpc) is 2.29. The van der Waals surface area contributed by atoms with Crippen molar-refractivity contribution < 1.29 is 4.39 Å². The third-order valence-corrected chi connectivity index (χ3v) is 2.54. The molecule has 0 aliphatic heterocycles. The van der Waals surface area contributed by atoms with Gasteiger partial charge in [0, 0.05) is 10.9 Å². The molecule has 12 heavy (non-hydrogen) atoms. The van der Waals surface area contributed by atoms with Crippen molar-refractivity contribution in [1.82, 2.24) is 0 Å². The molecule has 1 radical (unpaired) electrons. The number of halogens is 2. The summed E-state index contributed by atoms with van der Waals surface area (Å²) in [5, 5.41) is 0. The first-order chi connectivity index (χ1) is 5.66. The van der Waals surface area contributed by atoms with E-state index in [-0.39, 0.29) is 5.82 Å². The molecule has 0 bridgehead atoms. The van der Waals surface area contributed by atoms with E-state index in [1.165, 1.54) is 6.07 Å². The van der Waals surface area contributed by atoms with E-state index >= 15 is 0 Å². The van der Waals surface area contributed by atoms with Crippen LogP contribution >= 0.6 is 15.9 Å². The van der Waals surface area contributed by atoms with E-state index in [9.17, 15) is 4.39 Å². The summed E-state index contributed by atoms with van der Waals surface area (Å²) in [7, 11) is 0. The van der Waals surface area contributed by atoms with E-state index < -0.39 is 0 Å². The molecule has 0 fully saturated rings. The van der Waals surface area contributed by atoms with Gasteiger partial charge in [0.2, 0.25) is 0 Å². The topological polar surface area (TPSA) is 0 Å². The van der Waals surface area contributed by atoms with Gasteiger partial charge in [0.05, 0.1) is 0 Å². The Morgan fingerprint density at radius 2 is 2.08 bits per heavy atom. The molecule has 2 rings (SSSR count). The van der Waals surface area contributed by atoms with Crippen molar-refractivity contribution in [3.63, 3.8) is 0 Å². The number of hydrogen-bond donors (Lipinski definition) is 0. The van der Waals surface area contributed by atoms with Gasteiger partial charge in [-0.25, -0.2) is 4.39 Å². The first kappa shape index (κ1) is 7.99. The molecule has 0 nitrogen and oxygen atoms in total. The Bertz CT molecular complexity index is 366. The minimum Gasteiger partial charge on any atom is -0.207 e. The highest BCUT2D eigenvalue weighted by Crippen LogP contribution is 2.32. The molecule has 1 aromatic rings. The molecule has 0 aromatic heterocycles. The van der Waals surface area contributed by atoms with Crippen LogP contribution in [-0.2, 0) is 0 Å². The van der Waals surface area contributed by atoms with E-state index in [1.54, 1.807) is 6.07 Å². The van der Waals surface area contributed by atoms with Crippen molar-refractivity contribution in [3.05, 3.63) is 45.5 Å². The molecule has 1 aliphatic rings. The molecule has 0 amide bonds. The van der Waals surface area contributed by atoms with Crippen LogP contribution < -0.4 is 0 Å². The second-order valence-corrected chi connectivity index (χ2v) is 3.78. The second-order valence-electron chi connectivity index (χ2n) is 2.92. The number of allylic oxidation sites excluding steroid dienone is 1. The molecule has 1 aromatic carbocycles. The van der Waals surface area contributed by atoms with E-state index in [2.05, 4.69) is 15.9 Å². The van der Waals surface area contributed by atoms with Gasteiger partial charge < -0.3 is 0 Å². The van der Waals surface area contributed by atoms with Crippen LogP contribution in [-0.4, -0.2) is 0 Å². The lowest BCUT2D eigenvalue weighted by Gasteiger charge is -2.00. The molecule has 0 unspecified atom stereocenters. The molecule has 0 spiro atoms. The lowest BCUT2D eigenvalue weighted by molar-refractivity contribution is 0.626. The summed E-state index contributed by atoms with van der Waals surface area (Å²) in [6.45, 7) is 2.00. The molecule has 0 N–H and O–H groups in total. The van der Waals surface area contributed by atoms with Gasteiger partial charge in [-0.15, -0.1) is 0 Å². The summed E-state index contributed by atoms with van der Waals surface area (Å²) in [6, 6.07) is 3.04. The molecule has 61 valence electrons. The fourth-order valence-electron chi connectivity index (χ4n) is 1.39. The van der Waals surface area contributed by atoms with Crippen LogP contribution in [0.5, 0.6) is 0 Å². The van der Waals surface area contributed by atoms with Crippen molar-refractivity contribution in [1.29, 1.82) is 0 Å². The molecule has 0 atom stereocenters. The molecule has 0 heterocycles. The lowest BCUT2D eigenvalue weighted by atomic mass is 10.1. The SMILES string of the molecule is CC1=Cc2c(Br)cc(F)cc2[CH]1. The summed E-state index contributed by atoms with van der Waals surface area (Å²) < 4.78 is 13.7. The van der Waals surface area contributed by atoms with Crippen molar-refractivity contribution in [2.24, 2.45) is 0 Å². The maximum atomic E-state index is 12.9. The standard InChI is InChI=1S/C10H7BrF/c1-6-2-7-4-8(12)5-10(11)9(7)3-6/h2-5H,1H3. The highest BCUT2D eigenvalue weighted by Gasteiger charge is 2.13. The smallest absolute Gasteiger partial charge is 0.124 e. The minimum atomic E-state index is -0.194. The van der Waals surface area contributed by atoms with Crippen molar-refractivity contribution >= 4 is 22.0 Å². The lowest BCUT2D eigenvalue weighted by Crippen LogP contribution is -1.84. The Morgan fingerprint density at radius 1 is 1.33 bits per heavy atom. The molecule has 2 heteroatoms. The zero-order chi connectivity index (χ0) is 8.72. The summed E-state index contributed by atoms with van der Waals surface area (Å²) >= 11 is 3.32. The van der Waals surface area contributed by atoms with Gasteiger partial charge in [-0.1, -0.05) is 27.6 Å². The van der Waals surface area contributed by atoms with Crippen LogP contribution in [0, 0.1) is 12.2 Å². The molecule has 0 saturated carbocycles. The maximum absolute atomic E-state index is 12.9. The minimum absolute atomic E-state index is 0.194. The first-order valence-corrected chi connectivity index (χ1v) is 4.48. The predicted octanol–water partition coefficient (Wildman–Crippen LogP) is 3.56. The van der Waals surface area contributed by atoms with Gasteiger partial charge in [-0.05, 0) is 30.2 Å². The van der Waals surface area contributed by atoms with Crippen LogP contribution in [0.15, 0.2) is 22.2 Å². The van der Waals surface area contributed by atoms with Gasteiger partial charge in [0.25, 0.3) is 0 Å². The quantitative estimate of drug-likeness (QED) is 0.634. The van der Waals surface area contributed by atoms with Crippen molar-refractivity contribution in [3.8, 4) is 0 Å². The average molecular weight is 226 g/mol. The Kier molecular flexibility index (Phi) is 1.80. The van der Waals surface area contributed by atoms with E-state index in [1.807, 2.05) is 19.4 Å². The highest BCUT2D eigenvalue weighted by molar-refractivity contribution is 9.10. The van der Waals surface area contributed by atoms with E-state index in [0.717, 1.165) is 21.2 Å². The van der Waals surface area contributed by atoms with Crippen LogP contribution in [0.3, 0.4) is 0 Å². The number of benzene rings is 1. The summed E-state index contributed by atoms with van der Waals surface area (Å²) in [4.78, 5) is 0. The zero-order valence-corrected chi connectivity index (χ0v) is 8.15. The number of rotatable bonds is 0. The molecule has 0 saturated heterocycles. The summed E-state index contributed by atoms with van der Waals surface area (Å²) in [5.41, 5.74) is 3.20. The summed E-state index contributed by atoms with van der Waals surface area (Å²) in [5.74, 6) is -0.194. The first-order valence-electron chi connectivity index (χ1n) is 3.69. The Balaban J connectivity index is 2.62. The van der Waals surface area contributed by atoms with E-state index in [0.29, 0.717) is 0 Å². The van der Waals surface area contributed by atoms with Crippen LogP contribution in [0.25, 0.3) is 6.08 Å². The molecular weight excluding hydrogens is 219 g/mol. The normalized spacial score (nSPS) is 14.4. The molecule has 1 aliphatic carbocycles. The van der Waals surface area contributed by atoms with Crippen LogP contribution in [0.1, 0.15) is 18.1 Å². The maximum Gasteiger partial charge on any atom is 0.124 e.